The lowest BCUT2D eigenvalue weighted by molar-refractivity contribution is 0.292. The summed E-state index contributed by atoms with van der Waals surface area (Å²) in [5.41, 5.74) is 17.6. The Balaban J connectivity index is 0.000000162. The summed E-state index contributed by atoms with van der Waals surface area (Å²) in [6, 6.07) is 50.0. The van der Waals surface area contributed by atoms with Crippen molar-refractivity contribution in [3.05, 3.63) is 139 Å². The highest BCUT2D eigenvalue weighted by Gasteiger charge is 2.48. The summed E-state index contributed by atoms with van der Waals surface area (Å²) in [6.45, 7) is 64.5. The predicted molar refractivity (Wildman–Crippen MR) is 578 cm³/mol. The fourth-order valence-corrected chi connectivity index (χ4v) is 61.2. The Kier molecular flexibility index (Phi) is 44.0. The third-order valence-corrected chi connectivity index (χ3v) is 67.1. The van der Waals surface area contributed by atoms with Crippen LogP contribution in [0.25, 0.3) is 0 Å². The van der Waals surface area contributed by atoms with Crippen LogP contribution in [0.15, 0.2) is 138 Å². The van der Waals surface area contributed by atoms with Crippen molar-refractivity contribution >= 4 is 114 Å². The van der Waals surface area contributed by atoms with Crippen LogP contribution >= 0.6 is 71.3 Å². The normalized spacial score (nSPS) is 30.7. The van der Waals surface area contributed by atoms with Gasteiger partial charge in [0.25, 0.3) is 0 Å². The molecule has 0 amide bonds. The first-order chi connectivity index (χ1) is 59.2. The second kappa shape index (κ2) is 51.8. The van der Waals surface area contributed by atoms with E-state index in [9.17, 15) is 0 Å². The Morgan fingerprint density at radius 2 is 0.512 bits per heavy atom. The van der Waals surface area contributed by atoms with Crippen molar-refractivity contribution in [3.63, 3.8) is 0 Å². The van der Waals surface area contributed by atoms with Crippen LogP contribution < -0.4 is 37.1 Å². The average Bonchev–Trinajstić information content (AvgIpc) is 1.63. The van der Waals surface area contributed by atoms with Gasteiger partial charge in [-0.05, 0) is 374 Å². The van der Waals surface area contributed by atoms with Crippen LogP contribution in [0, 0.1) is 53.3 Å². The summed E-state index contributed by atoms with van der Waals surface area (Å²) in [5, 5.41) is 11.3. The number of nitrogens with zero attached hydrogens (tertiary/aromatic N) is 1. The molecule has 0 N–H and O–H groups in total. The molecule has 688 valence electrons. The summed E-state index contributed by atoms with van der Waals surface area (Å²) < 4.78 is 6.04. The first kappa shape index (κ1) is 105. The van der Waals surface area contributed by atoms with Gasteiger partial charge in [-0.3, -0.25) is 0 Å². The van der Waals surface area contributed by atoms with Crippen molar-refractivity contribution in [2.45, 2.75) is 431 Å². The van der Waals surface area contributed by atoms with Crippen molar-refractivity contribution in [2.75, 3.05) is 31.3 Å². The van der Waals surface area contributed by atoms with E-state index in [2.05, 4.69) is 313 Å². The molecule has 5 aromatic carbocycles. The Morgan fingerprint density at radius 1 is 0.268 bits per heavy atom. The summed E-state index contributed by atoms with van der Waals surface area (Å²) in [7, 11) is 0.672. The molecule has 8 fully saturated rings. The number of benzene rings is 5. The number of rotatable bonds is 31. The number of ether oxygens (including phenoxy) is 1. The van der Waals surface area contributed by atoms with Gasteiger partial charge in [0.1, 0.15) is 6.61 Å². The van der Waals surface area contributed by atoms with Crippen molar-refractivity contribution in [1.82, 2.24) is 0 Å². The number of hydrogen-bond donors (Lipinski definition) is 0. The highest BCUT2D eigenvalue weighted by molar-refractivity contribution is 7.80. The van der Waals surface area contributed by atoms with E-state index in [0.29, 0.717) is 28.4 Å². The highest BCUT2D eigenvalue weighted by Crippen LogP contribution is 2.69. The molecule has 11 heteroatoms. The smallest absolute Gasteiger partial charge is 0.217 e. The molecule has 0 aromatic heterocycles. The lowest BCUT2D eigenvalue weighted by Crippen LogP contribution is -2.34. The second-order valence-electron chi connectivity index (χ2n) is 42.2. The zero-order chi connectivity index (χ0) is 88.9. The van der Waals surface area contributed by atoms with Gasteiger partial charge in [-0.15, -0.1) is 15.8 Å². The third-order valence-electron chi connectivity index (χ3n) is 31.8. The van der Waals surface area contributed by atoms with E-state index >= 15 is 0 Å². The van der Waals surface area contributed by atoms with Gasteiger partial charge >= 0.3 is 0 Å². The van der Waals surface area contributed by atoms with Crippen LogP contribution in [0.5, 0.6) is 0 Å². The van der Waals surface area contributed by atoms with Gasteiger partial charge in [-0.2, -0.15) is 0 Å². The maximum absolute atomic E-state index is 6.04. The number of aliphatic imine (C=N–C) groups is 1. The van der Waals surface area contributed by atoms with Gasteiger partial charge in [0.2, 0.25) is 5.90 Å². The fourth-order valence-electron chi connectivity index (χ4n) is 24.8. The third kappa shape index (κ3) is 26.6. The fraction of sp³-hybridized carbons (Fsp3) is 0.723. The summed E-state index contributed by atoms with van der Waals surface area (Å²) in [5.74, 6) is 8.22. The molecule has 9 aliphatic rings. The highest BCUT2D eigenvalue weighted by atomic mass is 31.1. The van der Waals surface area contributed by atoms with Crippen molar-refractivity contribution in [3.8, 4) is 0 Å². The Bertz CT molecular complexity index is 3520. The summed E-state index contributed by atoms with van der Waals surface area (Å²) >= 11 is 0. The van der Waals surface area contributed by atoms with E-state index in [1.165, 1.54) is 144 Å². The molecule has 9 aliphatic heterocycles. The molecule has 14 rings (SSSR count). The van der Waals surface area contributed by atoms with E-state index in [-0.39, 0.29) is 53.6 Å². The predicted octanol–water partition coefficient (Wildman–Crippen LogP) is 32.7. The minimum atomic E-state index is -0.673. The van der Waals surface area contributed by atoms with Crippen molar-refractivity contribution in [2.24, 2.45) is 58.3 Å². The molecule has 123 heavy (non-hydrogen) atoms. The molecule has 0 bridgehead atoms. The minimum Gasteiger partial charge on any atom is -0.475 e. The second-order valence-corrected chi connectivity index (χ2v) is 66.7. The van der Waals surface area contributed by atoms with Crippen LogP contribution in [0.3, 0.4) is 0 Å². The van der Waals surface area contributed by atoms with Gasteiger partial charge in [0.15, 0.2) is 0 Å². The van der Waals surface area contributed by atoms with Crippen LogP contribution in [-0.2, 0) is 4.74 Å². The van der Waals surface area contributed by atoms with E-state index in [1.54, 1.807) is 50.3 Å². The molecule has 2 nitrogen and oxygen atoms in total. The monoisotopic (exact) mass is 1840 g/mol. The lowest BCUT2D eigenvalue weighted by atomic mass is 10.0. The van der Waals surface area contributed by atoms with E-state index in [0.717, 1.165) is 149 Å². The first-order valence-electron chi connectivity index (χ1n) is 51.7. The number of hydrogen-bond acceptors (Lipinski definition) is 2. The SMILES string of the molecule is CC(C)C1CCC(C(C)C)P1c1ccccc1P1C(C(C)C)CC[C@@H]1C(C)C.CC(C)[C@@H]1CC[C@@H](C(C)C)P1CCP1[C@H](C(C)C)CC[C@H]1C(C)C.CC(C)[C@@H]1COC(c2ccccc2P(c2ccccc2)c2ccccc2)=N1.CCC1CCC(CC)P1c1ccccc1P1C(CC)CC[C@@H]1CC.CC[C@@H]1CC[C@@H](CC)P1CCP1[C@H](CC)CC[C@H]1CC. The molecular weight excluding hydrogens is 1650 g/mol. The molecule has 8 unspecified atom stereocenters. The average molecular weight is 1840 g/mol. The molecule has 0 saturated carbocycles. The van der Waals surface area contributed by atoms with E-state index < -0.39 is 7.92 Å². The molecule has 9 heterocycles. The molecule has 19 atom stereocenters. The Hall–Kier alpha value is -0.560. The molecule has 5 aromatic rings. The van der Waals surface area contributed by atoms with Crippen molar-refractivity contribution in [1.29, 1.82) is 0 Å². The van der Waals surface area contributed by atoms with Crippen LogP contribution in [0.1, 0.15) is 340 Å². The van der Waals surface area contributed by atoms with Gasteiger partial charge in [0.05, 0.1) is 6.04 Å². The Labute approximate surface area is 772 Å². The summed E-state index contributed by atoms with van der Waals surface area (Å²) in [4.78, 5) is 4.89. The van der Waals surface area contributed by atoms with Gasteiger partial charge in [-0.25, -0.2) is 4.99 Å². The first-order valence-corrected chi connectivity index (χ1v) is 65.7. The maximum atomic E-state index is 6.04. The largest absolute Gasteiger partial charge is 0.475 e. The standard InChI is InChI=1S/C26H44P2.C24H24NOP.C22H36P2.C22H44P2.C18H36P2/c1-17(2)21-13-14-22(18(3)4)27(21)25-11-9-10-12-26(25)28-23(19(5)6)15-16-24(28)20(7)8;1-18(2)22-17-26-24(25-22)21-15-9-10-16-23(21)27(19-11-5-3-6-12-19)20-13-7-4-8-14-20;1-5-17-13-14-18(6-2)23(17)21-11-9-10-12-22(21)24-19(7-3)15-16-20(24)8-4;1-15(2)19-9-10-20(16(3)4)23(19)13-14-24-21(17(5)6)11-12-22(24)18(7)8;1-5-15-9-10-16(6-2)19(15)13-14-20-17(7-3)11-12-18(20)8-4/h9-12,17-24H,13-16H2,1-8H3;3-16,18,22H,17H2,1-2H3;9-12,17-20H,5-8,13-16H2,1-4H3;15-22H,9-14H2,1-8H3;15-18H,5-14H2,1-4H3/t21-,22?,23?,24?,27?,28?;22-;17-,18?,19?,20?,23?,24?;19-,20-,21-,22-;15-,16-,17-,18-/m10001/s1. The molecular formula is C112H184NOP9. The van der Waals surface area contributed by atoms with Gasteiger partial charge < -0.3 is 4.74 Å². The molecule has 0 aliphatic carbocycles. The Morgan fingerprint density at radius 3 is 0.780 bits per heavy atom. The van der Waals surface area contributed by atoms with Crippen LogP contribution in [0.4, 0.5) is 0 Å². The van der Waals surface area contributed by atoms with Crippen LogP contribution in [-0.4, -0.2) is 134 Å². The zero-order valence-electron chi connectivity index (χ0n) is 83.6. The van der Waals surface area contributed by atoms with Gasteiger partial charge in [-0.1, -0.05) is 355 Å². The molecule has 8 saturated heterocycles. The molecule has 0 spiro atoms. The summed E-state index contributed by atoms with van der Waals surface area (Å²) in [6.07, 6.45) is 42.1. The zero-order valence-corrected chi connectivity index (χ0v) is 91.6. The van der Waals surface area contributed by atoms with E-state index in [1.807, 2.05) is 21.2 Å². The minimum absolute atomic E-state index is 0.0433. The molecule has 0 radical (unpaired) electrons. The quantitative estimate of drug-likeness (QED) is 0.0405. The lowest BCUT2D eigenvalue weighted by Gasteiger charge is -2.37. The van der Waals surface area contributed by atoms with Gasteiger partial charge in [0, 0.05) is 5.56 Å². The van der Waals surface area contributed by atoms with Crippen LogP contribution in [0.2, 0.25) is 0 Å². The van der Waals surface area contributed by atoms with Crippen molar-refractivity contribution < 1.29 is 4.74 Å². The topological polar surface area (TPSA) is 21.6 Å². The van der Waals surface area contributed by atoms with E-state index in [4.69, 9.17) is 9.73 Å². The maximum Gasteiger partial charge on any atom is 0.217 e.